The van der Waals surface area contributed by atoms with E-state index in [1.165, 1.54) is 7.11 Å². The molecule has 6 heteroatoms. The topological polar surface area (TPSA) is 72.5 Å². The van der Waals surface area contributed by atoms with Gasteiger partial charge in [0.05, 0.1) is 18.6 Å². The molecule has 1 unspecified atom stereocenters. The van der Waals surface area contributed by atoms with Crippen molar-refractivity contribution in [1.82, 2.24) is 5.32 Å². The summed E-state index contributed by atoms with van der Waals surface area (Å²) < 4.78 is 27.2. The third kappa shape index (κ3) is 2.85. The summed E-state index contributed by atoms with van der Waals surface area (Å²) in [5, 5.41) is 3.25. The summed E-state index contributed by atoms with van der Waals surface area (Å²) in [4.78, 5) is 11.3. The van der Waals surface area contributed by atoms with Crippen LogP contribution in [0.5, 0.6) is 0 Å². The minimum atomic E-state index is -2.74. The van der Waals surface area contributed by atoms with Crippen LogP contribution in [0.2, 0.25) is 0 Å². The van der Waals surface area contributed by atoms with Gasteiger partial charge in [0, 0.05) is 6.04 Å². The molecule has 1 aliphatic carbocycles. The van der Waals surface area contributed by atoms with Gasteiger partial charge in [-0.1, -0.05) is 0 Å². The average molecular weight is 275 g/mol. The molecule has 1 atom stereocenters. The molecule has 0 aromatic heterocycles. The number of sulfone groups is 1. The number of carbonyl (C=O) groups excluding carboxylic acids is 1. The van der Waals surface area contributed by atoms with E-state index in [0.717, 1.165) is 25.7 Å². The van der Waals surface area contributed by atoms with Crippen molar-refractivity contribution in [2.24, 2.45) is 5.41 Å². The van der Waals surface area contributed by atoms with Gasteiger partial charge in [0.15, 0.2) is 9.84 Å². The SMILES string of the molecule is COC(=O)C(C)NC1CCC2(CC1)CS(=O)(=O)C2. The zero-order valence-electron chi connectivity index (χ0n) is 10.9. The van der Waals surface area contributed by atoms with Gasteiger partial charge in [0.1, 0.15) is 6.04 Å². The van der Waals surface area contributed by atoms with Gasteiger partial charge in [0.2, 0.25) is 0 Å². The van der Waals surface area contributed by atoms with E-state index in [9.17, 15) is 13.2 Å². The number of rotatable bonds is 3. The molecule has 104 valence electrons. The highest BCUT2D eigenvalue weighted by Gasteiger charge is 2.49. The number of methoxy groups -OCH3 is 1. The second-order valence-electron chi connectivity index (χ2n) is 5.72. The van der Waals surface area contributed by atoms with Crippen molar-refractivity contribution in [1.29, 1.82) is 0 Å². The molecular formula is C12H21NO4S. The van der Waals surface area contributed by atoms with E-state index in [1.807, 2.05) is 0 Å². The maximum Gasteiger partial charge on any atom is 0.322 e. The molecule has 18 heavy (non-hydrogen) atoms. The first-order valence-electron chi connectivity index (χ1n) is 6.40. The van der Waals surface area contributed by atoms with Crippen molar-refractivity contribution >= 4 is 15.8 Å². The molecule has 1 spiro atoms. The predicted octanol–water partition coefficient (Wildman–Crippen LogP) is 0.495. The summed E-state index contributed by atoms with van der Waals surface area (Å²) in [6.07, 6.45) is 3.77. The molecule has 1 heterocycles. The molecule has 1 saturated heterocycles. The van der Waals surface area contributed by atoms with E-state index < -0.39 is 9.84 Å². The minimum absolute atomic E-state index is 0.0471. The number of hydrogen-bond donors (Lipinski definition) is 1. The van der Waals surface area contributed by atoms with Gasteiger partial charge in [-0.15, -0.1) is 0 Å². The molecule has 0 bridgehead atoms. The molecule has 5 nitrogen and oxygen atoms in total. The van der Waals surface area contributed by atoms with Crippen molar-refractivity contribution in [3.63, 3.8) is 0 Å². The molecule has 1 N–H and O–H groups in total. The summed E-state index contributed by atoms with van der Waals surface area (Å²) in [6.45, 7) is 1.80. The Morgan fingerprint density at radius 3 is 2.33 bits per heavy atom. The van der Waals surface area contributed by atoms with E-state index in [1.54, 1.807) is 6.92 Å². The lowest BCUT2D eigenvalue weighted by Crippen LogP contribution is -2.53. The Labute approximate surface area is 108 Å². The maximum absolute atomic E-state index is 11.3. The van der Waals surface area contributed by atoms with E-state index in [4.69, 9.17) is 0 Å². The smallest absolute Gasteiger partial charge is 0.322 e. The van der Waals surface area contributed by atoms with Crippen LogP contribution in [0.1, 0.15) is 32.6 Å². The van der Waals surface area contributed by atoms with Crippen molar-refractivity contribution < 1.29 is 17.9 Å². The monoisotopic (exact) mass is 275 g/mol. The highest BCUT2D eigenvalue weighted by molar-refractivity contribution is 7.92. The summed E-state index contributed by atoms with van der Waals surface area (Å²) >= 11 is 0. The number of ether oxygens (including phenoxy) is 1. The van der Waals surface area contributed by atoms with Crippen LogP contribution in [-0.4, -0.2) is 45.1 Å². The molecule has 0 amide bonds. The van der Waals surface area contributed by atoms with Crippen LogP contribution in [0.15, 0.2) is 0 Å². The van der Waals surface area contributed by atoms with Crippen LogP contribution < -0.4 is 5.32 Å². The van der Waals surface area contributed by atoms with E-state index in [-0.39, 0.29) is 17.4 Å². The number of hydrogen-bond acceptors (Lipinski definition) is 5. The maximum atomic E-state index is 11.3. The quantitative estimate of drug-likeness (QED) is 0.759. The van der Waals surface area contributed by atoms with Crippen LogP contribution in [-0.2, 0) is 19.4 Å². The van der Waals surface area contributed by atoms with Gasteiger partial charge in [-0.25, -0.2) is 8.42 Å². The molecule has 2 rings (SSSR count). The normalized spacial score (nSPS) is 27.4. The van der Waals surface area contributed by atoms with Crippen molar-refractivity contribution in [3.05, 3.63) is 0 Å². The Morgan fingerprint density at radius 1 is 1.33 bits per heavy atom. The Hall–Kier alpha value is -0.620. The molecule has 1 aliphatic heterocycles. The molecule has 1 saturated carbocycles. The van der Waals surface area contributed by atoms with Crippen LogP contribution in [0.3, 0.4) is 0 Å². The molecule has 0 radical (unpaired) electrons. The van der Waals surface area contributed by atoms with Gasteiger partial charge in [-0.3, -0.25) is 4.79 Å². The summed E-state index contributed by atoms with van der Waals surface area (Å²) in [6, 6.07) is 0.00667. The molecule has 2 fully saturated rings. The van der Waals surface area contributed by atoms with E-state index in [2.05, 4.69) is 10.1 Å². The Kier molecular flexibility index (Phi) is 3.69. The average Bonchev–Trinajstić information content (AvgIpc) is 2.28. The Bertz CT molecular complexity index is 409. The largest absolute Gasteiger partial charge is 0.468 e. The fourth-order valence-corrected chi connectivity index (χ4v) is 5.53. The molecule has 0 aromatic rings. The first-order valence-corrected chi connectivity index (χ1v) is 8.22. The standard InChI is InChI=1S/C12H21NO4S/c1-9(11(14)17-2)13-10-3-5-12(6-4-10)7-18(15,16)8-12/h9-10,13H,3-8H2,1-2H3. The fourth-order valence-electron chi connectivity index (χ4n) is 3.17. The van der Waals surface area contributed by atoms with Gasteiger partial charge in [0.25, 0.3) is 0 Å². The Balaban J connectivity index is 1.79. The summed E-state index contributed by atoms with van der Waals surface area (Å²) in [7, 11) is -1.36. The summed E-state index contributed by atoms with van der Waals surface area (Å²) in [5.41, 5.74) is 0.0471. The third-order valence-electron chi connectivity index (χ3n) is 4.14. The zero-order valence-corrected chi connectivity index (χ0v) is 11.8. The first kappa shape index (κ1) is 13.8. The first-order chi connectivity index (χ1) is 8.36. The molecular weight excluding hydrogens is 254 g/mol. The highest BCUT2D eigenvalue weighted by Crippen LogP contribution is 2.45. The molecule has 2 aliphatic rings. The van der Waals surface area contributed by atoms with E-state index >= 15 is 0 Å². The van der Waals surface area contributed by atoms with Crippen LogP contribution >= 0.6 is 0 Å². The number of nitrogens with one attached hydrogen (secondary N) is 1. The zero-order chi connectivity index (χ0) is 13.4. The second-order valence-corrected chi connectivity index (χ2v) is 7.78. The predicted molar refractivity (Wildman–Crippen MR) is 68.0 cm³/mol. The van der Waals surface area contributed by atoms with E-state index in [0.29, 0.717) is 17.5 Å². The summed E-state index contributed by atoms with van der Waals surface area (Å²) in [5.74, 6) is 0.472. The lowest BCUT2D eigenvalue weighted by atomic mass is 9.74. The van der Waals surface area contributed by atoms with Gasteiger partial charge >= 0.3 is 5.97 Å². The number of carbonyl (C=O) groups is 1. The van der Waals surface area contributed by atoms with Crippen LogP contribution in [0, 0.1) is 5.41 Å². The molecule has 0 aromatic carbocycles. The van der Waals surface area contributed by atoms with Crippen LogP contribution in [0.4, 0.5) is 0 Å². The van der Waals surface area contributed by atoms with Crippen LogP contribution in [0.25, 0.3) is 0 Å². The van der Waals surface area contributed by atoms with Crippen molar-refractivity contribution in [2.45, 2.75) is 44.7 Å². The fraction of sp³-hybridized carbons (Fsp3) is 0.917. The third-order valence-corrected chi connectivity index (χ3v) is 6.24. The minimum Gasteiger partial charge on any atom is -0.468 e. The number of esters is 1. The van der Waals surface area contributed by atoms with Gasteiger partial charge in [-0.05, 0) is 38.0 Å². The van der Waals surface area contributed by atoms with Gasteiger partial charge < -0.3 is 10.1 Å². The van der Waals surface area contributed by atoms with Crippen molar-refractivity contribution in [2.75, 3.05) is 18.6 Å². The Morgan fingerprint density at radius 2 is 1.89 bits per heavy atom. The van der Waals surface area contributed by atoms with Crippen molar-refractivity contribution in [3.8, 4) is 0 Å². The highest BCUT2D eigenvalue weighted by atomic mass is 32.2. The second kappa shape index (κ2) is 4.81. The van der Waals surface area contributed by atoms with Gasteiger partial charge in [-0.2, -0.15) is 0 Å². The lowest BCUT2D eigenvalue weighted by Gasteiger charge is -2.46. The lowest BCUT2D eigenvalue weighted by molar-refractivity contribution is -0.142.